The molecule has 3 nitrogen and oxygen atoms in total. The van der Waals surface area contributed by atoms with Gasteiger partial charge in [-0.25, -0.2) is 0 Å². The second kappa shape index (κ2) is 6.02. The first-order valence-corrected chi connectivity index (χ1v) is 9.38. The third kappa shape index (κ3) is 3.13. The van der Waals surface area contributed by atoms with Crippen molar-refractivity contribution in [1.82, 2.24) is 5.32 Å². The van der Waals surface area contributed by atoms with E-state index in [2.05, 4.69) is 5.32 Å². The van der Waals surface area contributed by atoms with Crippen molar-refractivity contribution in [2.45, 2.75) is 58.4 Å². The Morgan fingerprint density at radius 2 is 1.54 bits per heavy atom. The highest BCUT2D eigenvalue weighted by Crippen LogP contribution is 2.61. The molecule has 0 spiro atoms. The first kappa shape index (κ1) is 15.9. The fraction of sp³-hybridized carbons (Fsp3) is 0.619. The topological polar surface area (TPSA) is 46.2 Å². The Morgan fingerprint density at radius 3 is 2.04 bits per heavy atom. The molecular formula is C21H27NO2. The van der Waals surface area contributed by atoms with Gasteiger partial charge in [-0.05, 0) is 67.3 Å². The smallest absolute Gasteiger partial charge is 0.217 e. The monoisotopic (exact) mass is 325 g/mol. The first-order valence-electron chi connectivity index (χ1n) is 9.38. The molecule has 0 unspecified atom stereocenters. The number of amides is 1. The zero-order chi connectivity index (χ0) is 16.7. The van der Waals surface area contributed by atoms with E-state index >= 15 is 0 Å². The number of rotatable bonds is 5. The molecule has 1 amide bonds. The molecule has 4 aliphatic rings. The Bertz CT molecular complexity index is 611. The Kier molecular flexibility index (Phi) is 3.98. The van der Waals surface area contributed by atoms with Crippen LogP contribution in [0.4, 0.5) is 0 Å². The molecule has 3 heteroatoms. The van der Waals surface area contributed by atoms with E-state index in [0.717, 1.165) is 35.3 Å². The van der Waals surface area contributed by atoms with Crippen molar-refractivity contribution in [1.29, 1.82) is 0 Å². The van der Waals surface area contributed by atoms with E-state index < -0.39 is 0 Å². The van der Waals surface area contributed by atoms with E-state index in [9.17, 15) is 9.59 Å². The van der Waals surface area contributed by atoms with Gasteiger partial charge in [-0.2, -0.15) is 0 Å². The lowest BCUT2D eigenvalue weighted by Crippen LogP contribution is -2.46. The molecule has 4 saturated carbocycles. The zero-order valence-electron chi connectivity index (χ0n) is 14.5. The van der Waals surface area contributed by atoms with Crippen LogP contribution in [-0.4, -0.2) is 11.7 Å². The molecule has 1 N–H and O–H groups in total. The molecule has 0 saturated heterocycles. The summed E-state index contributed by atoms with van der Waals surface area (Å²) in [7, 11) is 0. The predicted molar refractivity (Wildman–Crippen MR) is 93.5 cm³/mol. The molecule has 24 heavy (non-hydrogen) atoms. The second-order valence-corrected chi connectivity index (χ2v) is 8.62. The predicted octanol–water partition coefficient (Wildman–Crippen LogP) is 4.11. The van der Waals surface area contributed by atoms with Crippen LogP contribution in [0, 0.1) is 23.2 Å². The Balaban J connectivity index is 1.42. The summed E-state index contributed by atoms with van der Waals surface area (Å²) in [6.45, 7) is 2.04. The molecule has 0 aromatic heterocycles. The van der Waals surface area contributed by atoms with E-state index in [1.807, 2.05) is 24.3 Å². The Hall–Kier alpha value is -1.64. The molecule has 128 valence electrons. The van der Waals surface area contributed by atoms with Crippen molar-refractivity contribution >= 4 is 11.7 Å². The number of carbonyl (C=O) groups is 2. The molecule has 4 aliphatic carbocycles. The summed E-state index contributed by atoms with van der Waals surface area (Å²) >= 11 is 0. The fourth-order valence-electron chi connectivity index (χ4n) is 5.98. The molecule has 1 aromatic carbocycles. The number of hydrogen-bond donors (Lipinski definition) is 1. The number of nitrogens with one attached hydrogen (secondary N) is 1. The summed E-state index contributed by atoms with van der Waals surface area (Å²) < 4.78 is 0. The van der Waals surface area contributed by atoms with Crippen molar-refractivity contribution in [2.75, 3.05) is 0 Å². The maximum Gasteiger partial charge on any atom is 0.217 e. The highest BCUT2D eigenvalue weighted by molar-refractivity contribution is 5.96. The quantitative estimate of drug-likeness (QED) is 0.828. The van der Waals surface area contributed by atoms with Crippen molar-refractivity contribution in [2.24, 2.45) is 23.2 Å². The number of carbonyl (C=O) groups excluding carboxylic acids is 2. The largest absolute Gasteiger partial charge is 0.352 e. The van der Waals surface area contributed by atoms with Gasteiger partial charge >= 0.3 is 0 Å². The zero-order valence-corrected chi connectivity index (χ0v) is 14.5. The number of Topliss-reactive ketones (excluding diaryl/α,β-unsaturated/α-hetero) is 1. The standard InChI is InChI=1S/C21H27NO2/c1-14(23)22-13-15-2-4-19(5-3-15)20(24)12-21-9-16-6-17(10-21)8-18(7-16)11-21/h2-5,16-18H,6-13H2,1H3,(H,22,23). The molecule has 5 rings (SSSR count). The summed E-state index contributed by atoms with van der Waals surface area (Å²) in [5.74, 6) is 2.96. The molecule has 0 heterocycles. The SMILES string of the molecule is CC(=O)NCc1ccc(C(=O)CC23CC4CC(CC(C4)C2)C3)cc1. The molecule has 1 aromatic rings. The van der Waals surface area contributed by atoms with Gasteiger partial charge < -0.3 is 5.32 Å². The van der Waals surface area contributed by atoms with Gasteiger partial charge in [-0.1, -0.05) is 24.3 Å². The van der Waals surface area contributed by atoms with Gasteiger partial charge in [-0.3, -0.25) is 9.59 Å². The lowest BCUT2D eigenvalue weighted by molar-refractivity contribution is -0.119. The molecule has 0 atom stereocenters. The van der Waals surface area contributed by atoms with Crippen LogP contribution in [0.1, 0.15) is 67.8 Å². The van der Waals surface area contributed by atoms with E-state index in [1.54, 1.807) is 0 Å². The average Bonchev–Trinajstić information content (AvgIpc) is 2.51. The number of benzene rings is 1. The van der Waals surface area contributed by atoms with Crippen molar-refractivity contribution < 1.29 is 9.59 Å². The van der Waals surface area contributed by atoms with Gasteiger partial charge in [0, 0.05) is 25.5 Å². The van der Waals surface area contributed by atoms with Gasteiger partial charge in [0.2, 0.25) is 5.91 Å². The molecule has 0 aliphatic heterocycles. The van der Waals surface area contributed by atoms with E-state index in [1.165, 1.54) is 45.4 Å². The van der Waals surface area contributed by atoms with Crippen LogP contribution >= 0.6 is 0 Å². The summed E-state index contributed by atoms with van der Waals surface area (Å²) in [5, 5.41) is 2.79. The van der Waals surface area contributed by atoms with E-state index in [-0.39, 0.29) is 5.91 Å². The molecule has 0 radical (unpaired) electrons. The first-order chi connectivity index (χ1) is 11.5. The molecule has 4 bridgehead atoms. The van der Waals surface area contributed by atoms with Gasteiger partial charge in [0.05, 0.1) is 0 Å². The summed E-state index contributed by atoms with van der Waals surface area (Å²) in [6, 6.07) is 7.78. The normalized spacial score (nSPS) is 33.5. The molecular weight excluding hydrogens is 298 g/mol. The van der Waals surface area contributed by atoms with Crippen LogP contribution in [0.3, 0.4) is 0 Å². The summed E-state index contributed by atoms with van der Waals surface area (Å²) in [5.41, 5.74) is 2.18. The van der Waals surface area contributed by atoms with Crippen LogP contribution < -0.4 is 5.32 Å². The van der Waals surface area contributed by atoms with Crippen LogP contribution in [0.2, 0.25) is 0 Å². The third-order valence-electron chi connectivity index (χ3n) is 6.52. The van der Waals surface area contributed by atoms with Gasteiger partial charge in [-0.15, -0.1) is 0 Å². The summed E-state index contributed by atoms with van der Waals surface area (Å²) in [4.78, 5) is 23.8. The number of hydrogen-bond acceptors (Lipinski definition) is 2. The minimum Gasteiger partial charge on any atom is -0.352 e. The highest BCUT2D eigenvalue weighted by Gasteiger charge is 2.51. The van der Waals surface area contributed by atoms with Crippen molar-refractivity contribution in [3.63, 3.8) is 0 Å². The third-order valence-corrected chi connectivity index (χ3v) is 6.52. The van der Waals surface area contributed by atoms with Gasteiger partial charge in [0.1, 0.15) is 0 Å². The van der Waals surface area contributed by atoms with Crippen LogP contribution in [0.25, 0.3) is 0 Å². The lowest BCUT2D eigenvalue weighted by atomic mass is 9.48. The minimum atomic E-state index is -0.0306. The average molecular weight is 325 g/mol. The second-order valence-electron chi connectivity index (χ2n) is 8.62. The number of ketones is 1. The molecule has 4 fully saturated rings. The Morgan fingerprint density at radius 1 is 1.00 bits per heavy atom. The van der Waals surface area contributed by atoms with E-state index in [0.29, 0.717) is 17.7 Å². The summed E-state index contributed by atoms with van der Waals surface area (Å²) in [6.07, 6.45) is 8.85. The van der Waals surface area contributed by atoms with Gasteiger partial charge in [0.15, 0.2) is 5.78 Å². The van der Waals surface area contributed by atoms with Gasteiger partial charge in [0.25, 0.3) is 0 Å². The lowest BCUT2D eigenvalue weighted by Gasteiger charge is -2.56. The Labute approximate surface area is 144 Å². The fourth-order valence-corrected chi connectivity index (χ4v) is 5.98. The minimum absolute atomic E-state index is 0.0306. The van der Waals surface area contributed by atoms with Crippen LogP contribution in [0.15, 0.2) is 24.3 Å². The van der Waals surface area contributed by atoms with Crippen molar-refractivity contribution in [3.8, 4) is 0 Å². The maximum absolute atomic E-state index is 12.8. The van der Waals surface area contributed by atoms with E-state index in [4.69, 9.17) is 0 Å². The highest BCUT2D eigenvalue weighted by atomic mass is 16.1. The van der Waals surface area contributed by atoms with Crippen molar-refractivity contribution in [3.05, 3.63) is 35.4 Å². The van der Waals surface area contributed by atoms with Crippen LogP contribution in [0.5, 0.6) is 0 Å². The maximum atomic E-state index is 12.8. The van der Waals surface area contributed by atoms with Crippen LogP contribution in [-0.2, 0) is 11.3 Å².